The van der Waals surface area contributed by atoms with Crippen LogP contribution in [0.4, 0.5) is 10.3 Å². The molecule has 0 spiro atoms. The highest BCUT2D eigenvalue weighted by molar-refractivity contribution is 7.20. The summed E-state index contributed by atoms with van der Waals surface area (Å²) in [6, 6.07) is 14.2. The molecule has 0 atom stereocenters. The maximum atomic E-state index is 12.5. The SMILES string of the molecule is COc1ccc(C(=O)Nc2nc(C)c(-c3csc(NC(=O)c4cccc(C)c4)n3)s2)cc1. The average molecular weight is 465 g/mol. The quantitative estimate of drug-likeness (QED) is 0.399. The molecule has 0 bridgehead atoms. The molecule has 0 fully saturated rings. The van der Waals surface area contributed by atoms with Gasteiger partial charge in [-0.3, -0.25) is 20.2 Å². The van der Waals surface area contributed by atoms with Gasteiger partial charge in [0.1, 0.15) is 5.75 Å². The van der Waals surface area contributed by atoms with E-state index < -0.39 is 0 Å². The zero-order chi connectivity index (χ0) is 22.7. The fourth-order valence-corrected chi connectivity index (χ4v) is 4.68. The molecule has 4 rings (SSSR count). The predicted octanol–water partition coefficient (Wildman–Crippen LogP) is 5.40. The monoisotopic (exact) mass is 464 g/mol. The molecule has 32 heavy (non-hydrogen) atoms. The van der Waals surface area contributed by atoms with Crippen LogP contribution in [0.5, 0.6) is 5.75 Å². The van der Waals surface area contributed by atoms with Gasteiger partial charge in [-0.25, -0.2) is 9.97 Å². The molecule has 0 saturated carbocycles. The summed E-state index contributed by atoms with van der Waals surface area (Å²) in [5.74, 6) is 0.225. The molecule has 2 aromatic heterocycles. The Kier molecular flexibility index (Phi) is 6.29. The molecule has 162 valence electrons. The number of aromatic nitrogens is 2. The van der Waals surface area contributed by atoms with E-state index in [2.05, 4.69) is 20.6 Å². The van der Waals surface area contributed by atoms with Crippen molar-refractivity contribution in [3.8, 4) is 16.3 Å². The molecular formula is C23H20N4O3S2. The molecule has 2 aromatic carbocycles. The number of benzene rings is 2. The Morgan fingerprint density at radius 1 is 0.906 bits per heavy atom. The van der Waals surface area contributed by atoms with Crippen molar-refractivity contribution < 1.29 is 14.3 Å². The second kappa shape index (κ2) is 9.29. The number of hydrogen-bond donors (Lipinski definition) is 2. The van der Waals surface area contributed by atoms with Crippen molar-refractivity contribution in [2.45, 2.75) is 13.8 Å². The summed E-state index contributed by atoms with van der Waals surface area (Å²) >= 11 is 2.68. The summed E-state index contributed by atoms with van der Waals surface area (Å²) in [6.45, 7) is 3.80. The topological polar surface area (TPSA) is 93.2 Å². The number of ether oxygens (including phenoxy) is 1. The van der Waals surface area contributed by atoms with Crippen LogP contribution in [0.2, 0.25) is 0 Å². The highest BCUT2D eigenvalue weighted by Crippen LogP contribution is 2.34. The van der Waals surface area contributed by atoms with Crippen LogP contribution in [0.15, 0.2) is 53.9 Å². The number of hydrogen-bond acceptors (Lipinski definition) is 7. The van der Waals surface area contributed by atoms with Gasteiger partial charge in [0.05, 0.1) is 23.4 Å². The first-order valence-electron chi connectivity index (χ1n) is 9.69. The lowest BCUT2D eigenvalue weighted by Crippen LogP contribution is -2.11. The third-order valence-electron chi connectivity index (χ3n) is 4.61. The van der Waals surface area contributed by atoms with Crippen molar-refractivity contribution >= 4 is 44.8 Å². The summed E-state index contributed by atoms with van der Waals surface area (Å²) in [4.78, 5) is 34.8. The summed E-state index contributed by atoms with van der Waals surface area (Å²) in [5.41, 5.74) is 3.56. The Labute approximate surface area is 193 Å². The number of rotatable bonds is 6. The summed E-state index contributed by atoms with van der Waals surface area (Å²) in [6.07, 6.45) is 0. The van der Waals surface area contributed by atoms with Crippen LogP contribution in [0.1, 0.15) is 32.0 Å². The van der Waals surface area contributed by atoms with Crippen LogP contribution in [0, 0.1) is 13.8 Å². The van der Waals surface area contributed by atoms with E-state index in [1.165, 1.54) is 22.7 Å². The lowest BCUT2D eigenvalue weighted by atomic mass is 10.1. The number of thiazole rings is 2. The number of amides is 2. The van der Waals surface area contributed by atoms with Gasteiger partial charge in [0, 0.05) is 16.5 Å². The number of nitrogens with one attached hydrogen (secondary N) is 2. The third-order valence-corrected chi connectivity index (χ3v) is 6.46. The van der Waals surface area contributed by atoms with Crippen LogP contribution >= 0.6 is 22.7 Å². The third kappa shape index (κ3) is 4.84. The van der Waals surface area contributed by atoms with Gasteiger partial charge in [0.2, 0.25) is 0 Å². The van der Waals surface area contributed by atoms with Crippen molar-refractivity contribution in [1.29, 1.82) is 0 Å². The number of carbonyl (C=O) groups excluding carboxylic acids is 2. The Morgan fingerprint density at radius 3 is 2.34 bits per heavy atom. The first-order valence-corrected chi connectivity index (χ1v) is 11.4. The van der Waals surface area contributed by atoms with E-state index in [4.69, 9.17) is 4.74 Å². The number of carbonyl (C=O) groups is 2. The Balaban J connectivity index is 1.46. The molecule has 0 aliphatic heterocycles. The van der Waals surface area contributed by atoms with E-state index in [1.54, 1.807) is 37.4 Å². The van der Waals surface area contributed by atoms with Crippen LogP contribution < -0.4 is 15.4 Å². The van der Waals surface area contributed by atoms with Crippen molar-refractivity contribution in [3.63, 3.8) is 0 Å². The molecule has 0 radical (unpaired) electrons. The zero-order valence-electron chi connectivity index (χ0n) is 17.6. The first-order chi connectivity index (χ1) is 15.4. The smallest absolute Gasteiger partial charge is 0.257 e. The fourth-order valence-electron chi connectivity index (χ4n) is 2.99. The van der Waals surface area contributed by atoms with Crippen molar-refractivity contribution in [1.82, 2.24) is 9.97 Å². The average Bonchev–Trinajstić information content (AvgIpc) is 3.39. The minimum absolute atomic E-state index is 0.205. The second-order valence-corrected chi connectivity index (χ2v) is 8.83. The van der Waals surface area contributed by atoms with Crippen LogP contribution in [0.3, 0.4) is 0 Å². The summed E-state index contributed by atoms with van der Waals surface area (Å²) < 4.78 is 5.12. The van der Waals surface area contributed by atoms with E-state index in [0.717, 1.165) is 16.1 Å². The van der Waals surface area contributed by atoms with Crippen molar-refractivity contribution in [2.75, 3.05) is 17.7 Å². The molecule has 0 saturated heterocycles. The predicted molar refractivity (Wildman–Crippen MR) is 128 cm³/mol. The van der Waals surface area contributed by atoms with E-state index in [-0.39, 0.29) is 11.8 Å². The summed E-state index contributed by atoms with van der Waals surface area (Å²) in [7, 11) is 1.58. The maximum absolute atomic E-state index is 12.5. The highest BCUT2D eigenvalue weighted by atomic mass is 32.1. The standard InChI is InChI=1S/C23H20N4O3S2/c1-13-5-4-6-16(11-13)21(29)26-22-25-18(12-31-22)19-14(2)24-23(32-19)27-20(28)15-7-9-17(30-3)10-8-15/h4-12H,1-3H3,(H,24,27,28)(H,25,26,29). The molecule has 2 N–H and O–H groups in total. The van der Waals surface area contributed by atoms with Gasteiger partial charge in [-0.2, -0.15) is 0 Å². The molecule has 2 amide bonds. The van der Waals surface area contributed by atoms with Crippen molar-refractivity contribution in [3.05, 3.63) is 76.3 Å². The van der Waals surface area contributed by atoms with Gasteiger partial charge >= 0.3 is 0 Å². The van der Waals surface area contributed by atoms with Gasteiger partial charge < -0.3 is 4.74 Å². The van der Waals surface area contributed by atoms with E-state index in [1.807, 2.05) is 37.4 Å². The van der Waals surface area contributed by atoms with Crippen molar-refractivity contribution in [2.24, 2.45) is 0 Å². The molecule has 4 aromatic rings. The lowest BCUT2D eigenvalue weighted by Gasteiger charge is -2.03. The minimum Gasteiger partial charge on any atom is -0.497 e. The number of aryl methyl sites for hydroxylation is 2. The molecule has 0 aliphatic rings. The normalized spacial score (nSPS) is 10.6. The largest absolute Gasteiger partial charge is 0.497 e. The number of methoxy groups -OCH3 is 1. The molecule has 9 heteroatoms. The maximum Gasteiger partial charge on any atom is 0.257 e. The number of nitrogens with zero attached hydrogens (tertiary/aromatic N) is 2. The minimum atomic E-state index is -0.252. The van der Waals surface area contributed by atoms with Crippen LogP contribution in [-0.4, -0.2) is 28.9 Å². The lowest BCUT2D eigenvalue weighted by molar-refractivity contribution is 0.101. The van der Waals surface area contributed by atoms with Gasteiger partial charge in [-0.15, -0.1) is 11.3 Å². The molecule has 7 nitrogen and oxygen atoms in total. The zero-order valence-corrected chi connectivity index (χ0v) is 19.3. The van der Waals surface area contributed by atoms with Gasteiger partial charge in [-0.05, 0) is 50.2 Å². The van der Waals surface area contributed by atoms with Crippen LogP contribution in [-0.2, 0) is 0 Å². The first kappa shape index (κ1) is 21.7. The molecule has 0 unspecified atom stereocenters. The van der Waals surface area contributed by atoms with Crippen LogP contribution in [0.25, 0.3) is 10.6 Å². The second-order valence-electron chi connectivity index (χ2n) is 6.98. The van der Waals surface area contributed by atoms with Gasteiger partial charge in [0.25, 0.3) is 11.8 Å². The van der Waals surface area contributed by atoms with Gasteiger partial charge in [0.15, 0.2) is 10.3 Å². The fraction of sp³-hybridized carbons (Fsp3) is 0.130. The number of anilines is 2. The van der Waals surface area contributed by atoms with E-state index >= 15 is 0 Å². The molecule has 2 heterocycles. The highest BCUT2D eigenvalue weighted by Gasteiger charge is 2.16. The van der Waals surface area contributed by atoms with E-state index in [9.17, 15) is 9.59 Å². The summed E-state index contributed by atoms with van der Waals surface area (Å²) in [5, 5.41) is 8.51. The Hall–Kier alpha value is -3.56. The molecule has 0 aliphatic carbocycles. The molecular weight excluding hydrogens is 444 g/mol. The Bertz CT molecular complexity index is 1280. The van der Waals surface area contributed by atoms with Gasteiger partial charge in [-0.1, -0.05) is 29.0 Å². The van der Waals surface area contributed by atoms with E-state index in [0.29, 0.717) is 32.8 Å². The Morgan fingerprint density at radius 2 is 1.62 bits per heavy atom.